The van der Waals surface area contributed by atoms with Gasteiger partial charge in [0.15, 0.2) is 6.10 Å². The Balaban J connectivity index is 1.97. The lowest BCUT2D eigenvalue weighted by Gasteiger charge is -2.14. The number of halogens is 1. The number of ether oxygens (including phenoxy) is 1. The first kappa shape index (κ1) is 15.3. The van der Waals surface area contributed by atoms with Crippen molar-refractivity contribution in [2.24, 2.45) is 0 Å². The van der Waals surface area contributed by atoms with Gasteiger partial charge in [0.05, 0.1) is 0 Å². The number of carbonyl (C=O) groups excluding carboxylic acids is 2. The smallest absolute Gasteiger partial charge is 0.355 e. The van der Waals surface area contributed by atoms with Gasteiger partial charge in [-0.05, 0) is 47.5 Å². The number of aromatic amines is 1. The molecule has 1 atom stereocenters. The zero-order chi connectivity index (χ0) is 15.4. The van der Waals surface area contributed by atoms with Crippen molar-refractivity contribution in [1.29, 1.82) is 0 Å². The Morgan fingerprint density at radius 1 is 1.33 bits per heavy atom. The van der Waals surface area contributed by atoms with Crippen LogP contribution in [0.15, 0.2) is 41.0 Å². The second kappa shape index (κ2) is 6.58. The summed E-state index contributed by atoms with van der Waals surface area (Å²) in [5, 5.41) is 2.74. The first-order chi connectivity index (χ1) is 9.97. The predicted molar refractivity (Wildman–Crippen MR) is 83.2 cm³/mol. The van der Waals surface area contributed by atoms with Crippen LogP contribution in [0.25, 0.3) is 0 Å². The van der Waals surface area contributed by atoms with Gasteiger partial charge in [0.1, 0.15) is 5.69 Å². The fourth-order valence-corrected chi connectivity index (χ4v) is 2.05. The summed E-state index contributed by atoms with van der Waals surface area (Å²) >= 11 is 3.23. The predicted octanol–water partition coefficient (Wildman–Crippen LogP) is 3.27. The summed E-state index contributed by atoms with van der Waals surface area (Å²) in [6, 6.07) is 8.99. The summed E-state index contributed by atoms with van der Waals surface area (Å²) in [7, 11) is 0. The van der Waals surface area contributed by atoms with Gasteiger partial charge in [0.2, 0.25) is 0 Å². The van der Waals surface area contributed by atoms with Crippen LogP contribution in [0.1, 0.15) is 23.0 Å². The van der Waals surface area contributed by atoms with Gasteiger partial charge < -0.3 is 15.0 Å². The van der Waals surface area contributed by atoms with E-state index in [-0.39, 0.29) is 11.6 Å². The average Bonchev–Trinajstić information content (AvgIpc) is 2.88. The molecule has 0 fully saturated rings. The lowest BCUT2D eigenvalue weighted by atomic mass is 10.2. The van der Waals surface area contributed by atoms with Gasteiger partial charge in [-0.1, -0.05) is 18.2 Å². The number of esters is 1. The van der Waals surface area contributed by atoms with Crippen LogP contribution >= 0.6 is 15.9 Å². The van der Waals surface area contributed by atoms with Crippen LogP contribution in [0.4, 0.5) is 5.69 Å². The summed E-state index contributed by atoms with van der Waals surface area (Å²) in [4.78, 5) is 26.6. The molecule has 1 aromatic carbocycles. The van der Waals surface area contributed by atoms with Crippen molar-refractivity contribution >= 4 is 33.5 Å². The maximum atomic E-state index is 12.0. The van der Waals surface area contributed by atoms with Gasteiger partial charge in [-0.3, -0.25) is 4.79 Å². The average molecular weight is 351 g/mol. The van der Waals surface area contributed by atoms with Crippen molar-refractivity contribution in [2.45, 2.75) is 20.0 Å². The van der Waals surface area contributed by atoms with Crippen LogP contribution in [0.5, 0.6) is 0 Å². The van der Waals surface area contributed by atoms with E-state index in [9.17, 15) is 9.59 Å². The molecule has 1 amide bonds. The van der Waals surface area contributed by atoms with Crippen LogP contribution in [0, 0.1) is 6.92 Å². The summed E-state index contributed by atoms with van der Waals surface area (Å²) in [5.74, 6) is -0.948. The number of rotatable bonds is 4. The first-order valence-corrected chi connectivity index (χ1v) is 7.18. The molecule has 1 heterocycles. The normalized spacial score (nSPS) is 11.8. The molecule has 21 heavy (non-hydrogen) atoms. The van der Waals surface area contributed by atoms with E-state index in [0.29, 0.717) is 5.69 Å². The van der Waals surface area contributed by atoms with Crippen molar-refractivity contribution in [2.75, 3.05) is 5.32 Å². The molecule has 6 heteroatoms. The molecule has 0 radical (unpaired) electrons. The summed E-state index contributed by atoms with van der Waals surface area (Å²) in [6.45, 7) is 3.42. The van der Waals surface area contributed by atoms with Gasteiger partial charge >= 0.3 is 5.97 Å². The molecule has 5 nitrogen and oxygen atoms in total. The highest BCUT2D eigenvalue weighted by molar-refractivity contribution is 9.10. The number of aromatic nitrogens is 1. The fourth-order valence-electron chi connectivity index (χ4n) is 1.71. The Hall–Kier alpha value is -2.08. The molecule has 0 saturated carbocycles. The molecular formula is C15H15BrN2O3. The molecule has 0 aliphatic carbocycles. The summed E-state index contributed by atoms with van der Waals surface area (Å²) in [5.41, 5.74) is 1.93. The van der Waals surface area contributed by atoms with Crippen molar-refractivity contribution in [1.82, 2.24) is 4.98 Å². The quantitative estimate of drug-likeness (QED) is 0.831. The van der Waals surface area contributed by atoms with Crippen molar-refractivity contribution in [3.8, 4) is 0 Å². The highest BCUT2D eigenvalue weighted by Gasteiger charge is 2.20. The molecule has 110 valence electrons. The molecule has 0 saturated heterocycles. The topological polar surface area (TPSA) is 71.2 Å². The van der Waals surface area contributed by atoms with Crippen molar-refractivity contribution in [3.05, 3.63) is 52.3 Å². The molecule has 0 unspecified atom stereocenters. The van der Waals surface area contributed by atoms with Crippen LogP contribution in [0.2, 0.25) is 0 Å². The fraction of sp³-hybridized carbons (Fsp3) is 0.200. The molecule has 0 bridgehead atoms. The Kier molecular flexibility index (Phi) is 4.80. The number of nitrogens with one attached hydrogen (secondary N) is 2. The molecule has 0 spiro atoms. The second-order valence-electron chi connectivity index (χ2n) is 4.58. The standard InChI is InChI=1S/C15H15BrN2O3/c1-9-5-3-4-6-12(9)18-14(19)10(2)21-15(20)13-7-11(16)8-17-13/h3-8,10,17H,1-2H3,(H,18,19)/t10-/m0/s1. The monoisotopic (exact) mass is 350 g/mol. The molecular weight excluding hydrogens is 336 g/mol. The SMILES string of the molecule is Cc1ccccc1NC(=O)[C@H](C)OC(=O)c1cc(Br)c[nH]1. The van der Waals surface area contributed by atoms with Gasteiger partial charge in [-0.2, -0.15) is 0 Å². The minimum atomic E-state index is -0.890. The Labute approximate surface area is 130 Å². The zero-order valence-electron chi connectivity index (χ0n) is 11.6. The van der Waals surface area contributed by atoms with E-state index in [1.54, 1.807) is 18.3 Å². The Bertz CT molecular complexity index is 666. The minimum absolute atomic E-state index is 0.289. The number of hydrogen-bond donors (Lipinski definition) is 2. The van der Waals surface area contributed by atoms with Crippen LogP contribution in [0.3, 0.4) is 0 Å². The molecule has 2 N–H and O–H groups in total. The number of H-pyrrole nitrogens is 1. The van der Waals surface area contributed by atoms with Crippen LogP contribution in [-0.2, 0) is 9.53 Å². The van der Waals surface area contributed by atoms with E-state index in [1.807, 2.05) is 25.1 Å². The van der Waals surface area contributed by atoms with E-state index in [4.69, 9.17) is 4.74 Å². The number of carbonyl (C=O) groups is 2. The van der Waals surface area contributed by atoms with E-state index in [2.05, 4.69) is 26.2 Å². The highest BCUT2D eigenvalue weighted by Crippen LogP contribution is 2.15. The van der Waals surface area contributed by atoms with Crippen LogP contribution < -0.4 is 5.32 Å². The van der Waals surface area contributed by atoms with E-state index in [1.165, 1.54) is 6.92 Å². The minimum Gasteiger partial charge on any atom is -0.448 e. The summed E-state index contributed by atoms with van der Waals surface area (Å²) < 4.78 is 5.86. The lowest BCUT2D eigenvalue weighted by Crippen LogP contribution is -2.30. The van der Waals surface area contributed by atoms with E-state index in [0.717, 1.165) is 10.0 Å². The second-order valence-corrected chi connectivity index (χ2v) is 5.50. The number of hydrogen-bond acceptors (Lipinski definition) is 3. The Morgan fingerprint density at radius 3 is 2.67 bits per heavy atom. The number of anilines is 1. The van der Waals surface area contributed by atoms with Gasteiger partial charge in [-0.15, -0.1) is 0 Å². The van der Waals surface area contributed by atoms with Gasteiger partial charge in [0, 0.05) is 16.4 Å². The van der Waals surface area contributed by atoms with Crippen molar-refractivity contribution < 1.29 is 14.3 Å². The molecule has 0 aliphatic rings. The molecule has 0 aliphatic heterocycles. The maximum absolute atomic E-state index is 12.0. The highest BCUT2D eigenvalue weighted by atomic mass is 79.9. The van der Waals surface area contributed by atoms with E-state index >= 15 is 0 Å². The summed E-state index contributed by atoms with van der Waals surface area (Å²) in [6.07, 6.45) is 0.730. The third-order valence-corrected chi connectivity index (χ3v) is 3.38. The van der Waals surface area contributed by atoms with Crippen molar-refractivity contribution in [3.63, 3.8) is 0 Å². The number of amides is 1. The van der Waals surface area contributed by atoms with Gasteiger partial charge in [0.25, 0.3) is 5.91 Å². The van der Waals surface area contributed by atoms with Gasteiger partial charge in [-0.25, -0.2) is 4.79 Å². The van der Waals surface area contributed by atoms with E-state index < -0.39 is 12.1 Å². The number of aryl methyl sites for hydroxylation is 1. The molecule has 2 aromatic rings. The molecule has 1 aromatic heterocycles. The van der Waals surface area contributed by atoms with Crippen LogP contribution in [-0.4, -0.2) is 23.0 Å². The number of benzene rings is 1. The third-order valence-electron chi connectivity index (χ3n) is 2.92. The largest absolute Gasteiger partial charge is 0.448 e. The first-order valence-electron chi connectivity index (χ1n) is 6.39. The number of para-hydroxylation sites is 1. The maximum Gasteiger partial charge on any atom is 0.355 e. The molecule has 2 rings (SSSR count). The Morgan fingerprint density at radius 2 is 2.05 bits per heavy atom. The lowest BCUT2D eigenvalue weighted by molar-refractivity contribution is -0.123. The third kappa shape index (κ3) is 3.95. The zero-order valence-corrected chi connectivity index (χ0v) is 13.2.